The van der Waals surface area contributed by atoms with Gasteiger partial charge in [-0.3, -0.25) is 4.79 Å². The van der Waals surface area contributed by atoms with Gasteiger partial charge >= 0.3 is 5.97 Å². The Morgan fingerprint density at radius 2 is 2.09 bits per heavy atom. The van der Waals surface area contributed by atoms with Gasteiger partial charge in [0.2, 0.25) is 0 Å². The van der Waals surface area contributed by atoms with Gasteiger partial charge < -0.3 is 4.74 Å². The highest BCUT2D eigenvalue weighted by molar-refractivity contribution is 8.00. The van der Waals surface area contributed by atoms with Gasteiger partial charge in [-0.25, -0.2) is 9.78 Å². The van der Waals surface area contributed by atoms with Crippen LogP contribution in [0.25, 0.3) is 0 Å². The fourth-order valence-corrected chi connectivity index (χ4v) is 3.56. The predicted octanol–water partition coefficient (Wildman–Crippen LogP) is 4.25. The van der Waals surface area contributed by atoms with Crippen LogP contribution in [0.3, 0.4) is 0 Å². The lowest BCUT2D eigenvalue weighted by atomic mass is 9.77. The molecule has 0 amide bonds. The van der Waals surface area contributed by atoms with Crippen LogP contribution >= 0.6 is 11.8 Å². The van der Waals surface area contributed by atoms with E-state index in [0.29, 0.717) is 30.1 Å². The van der Waals surface area contributed by atoms with Crippen LogP contribution < -0.4 is 0 Å². The highest BCUT2D eigenvalue weighted by Gasteiger charge is 2.27. The van der Waals surface area contributed by atoms with E-state index in [1.54, 1.807) is 11.8 Å². The molecule has 0 radical (unpaired) electrons. The van der Waals surface area contributed by atoms with Crippen molar-refractivity contribution in [1.82, 2.24) is 0 Å². The summed E-state index contributed by atoms with van der Waals surface area (Å²) in [4.78, 5) is 22.2. The molecule has 0 aromatic heterocycles. The molecule has 2 atom stereocenters. The SMILES string of the molecule is COC(=O)CSCC1=CC[C@@H](C(C)C)C[C@@H]1COOC(C)(C)C. The van der Waals surface area contributed by atoms with Gasteiger partial charge in [0.15, 0.2) is 0 Å². The summed E-state index contributed by atoms with van der Waals surface area (Å²) >= 11 is 1.61. The molecule has 0 heterocycles. The zero-order valence-corrected chi connectivity index (χ0v) is 16.2. The monoisotopic (exact) mass is 344 g/mol. The number of esters is 1. The number of carbonyl (C=O) groups excluding carboxylic acids is 1. The van der Waals surface area contributed by atoms with Crippen molar-refractivity contribution in [2.24, 2.45) is 17.8 Å². The van der Waals surface area contributed by atoms with Crippen molar-refractivity contribution < 1.29 is 19.3 Å². The molecular formula is C18H32O4S. The van der Waals surface area contributed by atoms with E-state index in [0.717, 1.165) is 18.6 Å². The third-order valence-electron chi connectivity index (χ3n) is 4.03. The molecule has 23 heavy (non-hydrogen) atoms. The van der Waals surface area contributed by atoms with E-state index in [1.165, 1.54) is 12.7 Å². The van der Waals surface area contributed by atoms with E-state index in [9.17, 15) is 4.79 Å². The zero-order chi connectivity index (χ0) is 17.5. The molecule has 0 aliphatic heterocycles. The van der Waals surface area contributed by atoms with Crippen LogP contribution in [0.4, 0.5) is 0 Å². The Bertz CT molecular complexity index is 398. The third-order valence-corrected chi connectivity index (χ3v) is 5.01. The molecule has 0 aromatic rings. The van der Waals surface area contributed by atoms with Gasteiger partial charge in [-0.1, -0.05) is 25.5 Å². The summed E-state index contributed by atoms with van der Waals surface area (Å²) in [6.07, 6.45) is 4.57. The molecule has 0 N–H and O–H groups in total. The summed E-state index contributed by atoms with van der Waals surface area (Å²) in [6, 6.07) is 0. The maximum Gasteiger partial charge on any atom is 0.315 e. The van der Waals surface area contributed by atoms with Crippen molar-refractivity contribution in [3.8, 4) is 0 Å². The third kappa shape index (κ3) is 8.23. The van der Waals surface area contributed by atoms with E-state index < -0.39 is 0 Å². The molecule has 0 fully saturated rings. The number of ether oxygens (including phenoxy) is 1. The van der Waals surface area contributed by atoms with Crippen LogP contribution in [-0.2, 0) is 19.3 Å². The molecule has 0 saturated carbocycles. The second kappa shape index (κ2) is 9.70. The fourth-order valence-electron chi connectivity index (χ4n) is 2.58. The van der Waals surface area contributed by atoms with Crippen molar-refractivity contribution in [1.29, 1.82) is 0 Å². The van der Waals surface area contributed by atoms with E-state index in [1.807, 2.05) is 20.8 Å². The van der Waals surface area contributed by atoms with Gasteiger partial charge in [0.1, 0.15) is 0 Å². The number of hydrogen-bond donors (Lipinski definition) is 0. The standard InChI is InChI=1S/C18H32O4S/c1-13(2)14-7-8-15(11-23-12-17(19)20-6)16(9-14)10-21-22-18(3,4)5/h8,13-14,16H,7,9-12H2,1-6H3/t14-,16-/m1/s1. The fraction of sp³-hybridized carbons (Fsp3) is 0.833. The van der Waals surface area contributed by atoms with Crippen molar-refractivity contribution in [2.45, 2.75) is 53.1 Å². The summed E-state index contributed by atoms with van der Waals surface area (Å²) in [7, 11) is 1.43. The Morgan fingerprint density at radius 3 is 2.65 bits per heavy atom. The van der Waals surface area contributed by atoms with Crippen molar-refractivity contribution >= 4 is 17.7 Å². The zero-order valence-electron chi connectivity index (χ0n) is 15.4. The van der Waals surface area contributed by atoms with Crippen LogP contribution in [0.1, 0.15) is 47.5 Å². The van der Waals surface area contributed by atoms with Crippen LogP contribution in [0.15, 0.2) is 11.6 Å². The lowest BCUT2D eigenvalue weighted by molar-refractivity contribution is -0.352. The van der Waals surface area contributed by atoms with Crippen LogP contribution in [0, 0.1) is 17.8 Å². The maximum atomic E-state index is 11.3. The quantitative estimate of drug-likeness (QED) is 0.285. The van der Waals surface area contributed by atoms with Crippen LogP contribution in [0.5, 0.6) is 0 Å². The normalized spacial score (nSPS) is 22.1. The molecule has 4 nitrogen and oxygen atoms in total. The molecular weight excluding hydrogens is 312 g/mol. The molecule has 0 bridgehead atoms. The van der Waals surface area contributed by atoms with Crippen molar-refractivity contribution in [3.05, 3.63) is 11.6 Å². The molecule has 1 aliphatic rings. The molecule has 1 aliphatic carbocycles. The smallest absolute Gasteiger partial charge is 0.315 e. The second-order valence-corrected chi connectivity index (χ2v) is 8.49. The van der Waals surface area contributed by atoms with Crippen LogP contribution in [0.2, 0.25) is 0 Å². The summed E-state index contributed by atoms with van der Waals surface area (Å²) in [5, 5.41) is 0. The number of hydrogen-bond acceptors (Lipinski definition) is 5. The van der Waals surface area contributed by atoms with Crippen LogP contribution in [-0.4, -0.2) is 36.8 Å². The summed E-state index contributed by atoms with van der Waals surface area (Å²) in [5.74, 6) is 2.80. The molecule has 0 spiro atoms. The molecule has 134 valence electrons. The summed E-state index contributed by atoms with van der Waals surface area (Å²) in [6.45, 7) is 11.1. The van der Waals surface area contributed by atoms with Gasteiger partial charge in [-0.2, -0.15) is 0 Å². The number of thioether (sulfide) groups is 1. The lowest BCUT2D eigenvalue weighted by Gasteiger charge is -2.32. The van der Waals surface area contributed by atoms with Gasteiger partial charge in [0, 0.05) is 11.7 Å². The Hall–Kier alpha value is -0.520. The van der Waals surface area contributed by atoms with E-state index in [4.69, 9.17) is 14.5 Å². The second-order valence-electron chi connectivity index (χ2n) is 7.50. The summed E-state index contributed by atoms with van der Waals surface area (Å²) < 4.78 is 4.69. The summed E-state index contributed by atoms with van der Waals surface area (Å²) in [5.41, 5.74) is 1.07. The highest BCUT2D eigenvalue weighted by Crippen LogP contribution is 2.35. The molecule has 0 aromatic carbocycles. The maximum absolute atomic E-state index is 11.3. The minimum Gasteiger partial charge on any atom is -0.468 e. The molecule has 5 heteroatoms. The first kappa shape index (κ1) is 20.5. The average Bonchev–Trinajstić information content (AvgIpc) is 2.46. The Morgan fingerprint density at radius 1 is 1.39 bits per heavy atom. The molecule has 1 rings (SSSR count). The molecule has 0 saturated heterocycles. The number of allylic oxidation sites excluding steroid dienone is 1. The number of rotatable bonds is 8. The minimum atomic E-state index is -0.296. The predicted molar refractivity (Wildman–Crippen MR) is 95.3 cm³/mol. The van der Waals surface area contributed by atoms with E-state index in [-0.39, 0.29) is 11.6 Å². The largest absolute Gasteiger partial charge is 0.468 e. The van der Waals surface area contributed by atoms with E-state index in [2.05, 4.69) is 19.9 Å². The first-order valence-corrected chi connectivity index (χ1v) is 9.52. The Balaban J connectivity index is 2.57. The average molecular weight is 345 g/mol. The Labute approximate surface area is 145 Å². The first-order valence-electron chi connectivity index (χ1n) is 8.37. The Kier molecular flexibility index (Phi) is 8.65. The van der Waals surface area contributed by atoms with Gasteiger partial charge in [0.05, 0.1) is 25.1 Å². The van der Waals surface area contributed by atoms with Crippen molar-refractivity contribution in [2.75, 3.05) is 25.2 Å². The minimum absolute atomic E-state index is 0.171. The lowest BCUT2D eigenvalue weighted by Crippen LogP contribution is -2.27. The van der Waals surface area contributed by atoms with Gasteiger partial charge in [0.25, 0.3) is 0 Å². The number of methoxy groups -OCH3 is 1. The van der Waals surface area contributed by atoms with Gasteiger partial charge in [-0.05, 0) is 45.4 Å². The molecule has 0 unspecified atom stereocenters. The highest BCUT2D eigenvalue weighted by atomic mass is 32.2. The number of carbonyl (C=O) groups is 1. The van der Waals surface area contributed by atoms with Crippen molar-refractivity contribution in [3.63, 3.8) is 0 Å². The first-order chi connectivity index (χ1) is 10.7. The van der Waals surface area contributed by atoms with Gasteiger partial charge in [-0.15, -0.1) is 11.8 Å². The van der Waals surface area contributed by atoms with E-state index >= 15 is 0 Å². The topological polar surface area (TPSA) is 44.8 Å².